The van der Waals surface area contributed by atoms with Crippen LogP contribution in [0.5, 0.6) is 0 Å². The van der Waals surface area contributed by atoms with E-state index in [1.807, 2.05) is 0 Å². The molecule has 0 aliphatic carbocycles. The summed E-state index contributed by atoms with van der Waals surface area (Å²) in [5.74, 6) is -0.337. The van der Waals surface area contributed by atoms with Gasteiger partial charge in [0.1, 0.15) is 0 Å². The molecule has 0 spiro atoms. The lowest BCUT2D eigenvalue weighted by Crippen LogP contribution is -2.11. The van der Waals surface area contributed by atoms with E-state index in [9.17, 15) is 18.0 Å². The molecule has 0 bridgehead atoms. The van der Waals surface area contributed by atoms with Gasteiger partial charge in [0.25, 0.3) is 0 Å². The number of alkyl halides is 3. The van der Waals surface area contributed by atoms with Crippen LogP contribution in [0.2, 0.25) is 0 Å². The van der Waals surface area contributed by atoms with Crippen molar-refractivity contribution in [2.75, 3.05) is 5.73 Å². The van der Waals surface area contributed by atoms with E-state index in [1.165, 1.54) is 6.92 Å². The van der Waals surface area contributed by atoms with Crippen LogP contribution in [0, 0.1) is 0 Å². The molecule has 0 fully saturated rings. The van der Waals surface area contributed by atoms with Crippen molar-refractivity contribution >= 4 is 27.4 Å². The highest BCUT2D eigenvalue weighted by atomic mass is 79.9. The maximum absolute atomic E-state index is 12.4. The zero-order valence-corrected chi connectivity index (χ0v) is 9.24. The van der Waals surface area contributed by atoms with Crippen LogP contribution in [0.3, 0.4) is 0 Å². The minimum absolute atomic E-state index is 0.146. The summed E-state index contributed by atoms with van der Waals surface area (Å²) in [6.45, 7) is 1.26. The van der Waals surface area contributed by atoms with E-state index in [0.29, 0.717) is 0 Å². The van der Waals surface area contributed by atoms with Crippen LogP contribution in [0.4, 0.5) is 18.9 Å². The van der Waals surface area contributed by atoms with Gasteiger partial charge in [0.2, 0.25) is 0 Å². The summed E-state index contributed by atoms with van der Waals surface area (Å²) in [7, 11) is 0. The van der Waals surface area contributed by atoms with Gasteiger partial charge in [-0.15, -0.1) is 0 Å². The van der Waals surface area contributed by atoms with E-state index in [0.717, 1.165) is 12.1 Å². The molecule has 1 aromatic rings. The van der Waals surface area contributed by atoms with Gasteiger partial charge in [-0.25, -0.2) is 0 Å². The van der Waals surface area contributed by atoms with Crippen LogP contribution in [-0.4, -0.2) is 5.78 Å². The normalized spacial score (nSPS) is 11.5. The van der Waals surface area contributed by atoms with Crippen LogP contribution < -0.4 is 5.73 Å². The Balaban J connectivity index is 3.41. The lowest BCUT2D eigenvalue weighted by molar-refractivity contribution is -0.137. The lowest BCUT2D eigenvalue weighted by atomic mass is 10.1. The number of hydrogen-bond acceptors (Lipinski definition) is 2. The first-order chi connectivity index (χ1) is 6.73. The minimum Gasteiger partial charge on any atom is -0.398 e. The first-order valence-electron chi connectivity index (χ1n) is 3.90. The molecule has 6 heteroatoms. The Kier molecular flexibility index (Phi) is 3.08. The maximum atomic E-state index is 12.4. The summed E-state index contributed by atoms with van der Waals surface area (Å²) in [5.41, 5.74) is 3.98. The summed E-state index contributed by atoms with van der Waals surface area (Å²) in [5, 5.41) is 0. The Morgan fingerprint density at radius 2 is 1.93 bits per heavy atom. The molecule has 0 radical (unpaired) electrons. The van der Waals surface area contributed by atoms with Gasteiger partial charge in [-0.05, 0) is 19.1 Å². The zero-order valence-electron chi connectivity index (χ0n) is 7.65. The van der Waals surface area contributed by atoms with Gasteiger partial charge in [0, 0.05) is 15.7 Å². The minimum atomic E-state index is -4.53. The number of anilines is 1. The van der Waals surface area contributed by atoms with Gasteiger partial charge in [0.15, 0.2) is 5.78 Å². The number of carbonyl (C=O) groups is 1. The summed E-state index contributed by atoms with van der Waals surface area (Å²) >= 11 is 2.75. The zero-order chi connectivity index (χ0) is 11.8. The number of hydrogen-bond donors (Lipinski definition) is 1. The largest absolute Gasteiger partial charge is 0.419 e. The quantitative estimate of drug-likeness (QED) is 0.634. The molecule has 0 aliphatic heterocycles. The molecule has 0 heterocycles. The second-order valence-corrected chi connectivity index (χ2v) is 3.83. The molecule has 2 nitrogen and oxygen atoms in total. The van der Waals surface area contributed by atoms with E-state index in [4.69, 9.17) is 5.73 Å². The second kappa shape index (κ2) is 3.84. The number of halogens is 4. The monoisotopic (exact) mass is 281 g/mol. The van der Waals surface area contributed by atoms with Gasteiger partial charge in [-0.1, -0.05) is 15.9 Å². The fraction of sp³-hybridized carbons (Fsp3) is 0.222. The number of Topliss-reactive ketones (excluding diaryl/α,β-unsaturated/α-hetero) is 1. The highest BCUT2D eigenvalue weighted by molar-refractivity contribution is 9.10. The SMILES string of the molecule is CC(=O)c1cc(N)c(C(F)(F)F)c(Br)c1. The Bertz CT molecular complexity index is 391. The molecular weight excluding hydrogens is 275 g/mol. The van der Waals surface area contributed by atoms with Crippen molar-refractivity contribution in [1.29, 1.82) is 0 Å². The molecule has 0 aromatic heterocycles. The molecule has 0 aliphatic rings. The molecule has 0 atom stereocenters. The molecule has 15 heavy (non-hydrogen) atoms. The van der Waals surface area contributed by atoms with Crippen molar-refractivity contribution in [2.45, 2.75) is 13.1 Å². The van der Waals surface area contributed by atoms with Gasteiger partial charge in [-0.3, -0.25) is 4.79 Å². The van der Waals surface area contributed by atoms with Crippen LogP contribution in [0.15, 0.2) is 16.6 Å². The van der Waals surface area contributed by atoms with Crippen molar-refractivity contribution < 1.29 is 18.0 Å². The average Bonchev–Trinajstić information content (AvgIpc) is 1.99. The van der Waals surface area contributed by atoms with E-state index < -0.39 is 17.4 Å². The van der Waals surface area contributed by atoms with Crippen LogP contribution in [0.1, 0.15) is 22.8 Å². The van der Waals surface area contributed by atoms with Gasteiger partial charge < -0.3 is 5.73 Å². The van der Waals surface area contributed by atoms with Crippen LogP contribution >= 0.6 is 15.9 Å². The average molecular weight is 282 g/mol. The van der Waals surface area contributed by atoms with Gasteiger partial charge in [-0.2, -0.15) is 13.2 Å². The van der Waals surface area contributed by atoms with E-state index in [1.54, 1.807) is 0 Å². The first kappa shape index (κ1) is 12.0. The number of ketones is 1. The van der Waals surface area contributed by atoms with Crippen molar-refractivity contribution in [1.82, 2.24) is 0 Å². The molecule has 1 rings (SSSR count). The van der Waals surface area contributed by atoms with Crippen LogP contribution in [0.25, 0.3) is 0 Å². The van der Waals surface area contributed by atoms with E-state index in [2.05, 4.69) is 15.9 Å². The lowest BCUT2D eigenvalue weighted by Gasteiger charge is -2.12. The molecule has 1 aromatic carbocycles. The number of nitrogens with two attached hydrogens (primary N) is 1. The third kappa shape index (κ3) is 2.50. The Hall–Kier alpha value is -1.04. The number of carbonyl (C=O) groups excluding carboxylic acids is 1. The Labute approximate surface area is 92.4 Å². The predicted octanol–water partition coefficient (Wildman–Crippen LogP) is 3.25. The molecule has 0 saturated heterocycles. The Morgan fingerprint density at radius 3 is 2.27 bits per heavy atom. The van der Waals surface area contributed by atoms with Crippen molar-refractivity contribution in [3.8, 4) is 0 Å². The smallest absolute Gasteiger partial charge is 0.398 e. The molecule has 2 N–H and O–H groups in total. The van der Waals surface area contributed by atoms with Crippen molar-refractivity contribution in [3.63, 3.8) is 0 Å². The predicted molar refractivity (Wildman–Crippen MR) is 53.6 cm³/mol. The fourth-order valence-corrected chi connectivity index (χ4v) is 1.83. The van der Waals surface area contributed by atoms with E-state index in [-0.39, 0.29) is 15.8 Å². The second-order valence-electron chi connectivity index (χ2n) is 2.98. The van der Waals surface area contributed by atoms with Crippen molar-refractivity contribution in [2.24, 2.45) is 0 Å². The summed E-state index contributed by atoms with van der Waals surface area (Å²) in [6.07, 6.45) is -4.53. The van der Waals surface area contributed by atoms with E-state index >= 15 is 0 Å². The number of benzene rings is 1. The Morgan fingerprint density at radius 1 is 1.40 bits per heavy atom. The third-order valence-corrected chi connectivity index (χ3v) is 2.44. The van der Waals surface area contributed by atoms with Gasteiger partial charge >= 0.3 is 6.18 Å². The molecule has 0 saturated carbocycles. The topological polar surface area (TPSA) is 43.1 Å². The first-order valence-corrected chi connectivity index (χ1v) is 4.70. The number of nitrogen functional groups attached to an aromatic ring is 1. The van der Waals surface area contributed by atoms with Gasteiger partial charge in [0.05, 0.1) is 5.56 Å². The highest BCUT2D eigenvalue weighted by Crippen LogP contribution is 2.39. The molecule has 0 unspecified atom stereocenters. The maximum Gasteiger partial charge on any atom is 0.419 e. The van der Waals surface area contributed by atoms with Crippen molar-refractivity contribution in [3.05, 3.63) is 27.7 Å². The van der Waals surface area contributed by atoms with Crippen LogP contribution in [-0.2, 0) is 6.18 Å². The summed E-state index contributed by atoms with van der Waals surface area (Å²) in [4.78, 5) is 11.0. The number of rotatable bonds is 1. The highest BCUT2D eigenvalue weighted by Gasteiger charge is 2.35. The fourth-order valence-electron chi connectivity index (χ4n) is 1.13. The summed E-state index contributed by atoms with van der Waals surface area (Å²) in [6, 6.07) is 2.14. The molecular formula is C9H7BrF3NO. The standard InChI is InChI=1S/C9H7BrF3NO/c1-4(15)5-2-6(10)8(7(14)3-5)9(11,12)13/h2-3H,14H2,1H3. The summed E-state index contributed by atoms with van der Waals surface area (Å²) < 4.78 is 37.1. The molecule has 82 valence electrons. The third-order valence-electron chi connectivity index (χ3n) is 1.81. The molecule has 0 amide bonds.